The van der Waals surface area contributed by atoms with Gasteiger partial charge in [-0.3, -0.25) is 24.7 Å². The highest BCUT2D eigenvalue weighted by Crippen LogP contribution is 2.11. The van der Waals surface area contributed by atoms with Gasteiger partial charge in [-0.05, 0) is 6.92 Å². The summed E-state index contributed by atoms with van der Waals surface area (Å²) in [5.41, 5.74) is 0.995. The van der Waals surface area contributed by atoms with Crippen LogP contribution in [0.25, 0.3) is 0 Å². The normalized spacial score (nSPS) is 11.9. The number of aromatic amines is 2. The van der Waals surface area contributed by atoms with Crippen molar-refractivity contribution in [3.63, 3.8) is 0 Å². The summed E-state index contributed by atoms with van der Waals surface area (Å²) in [4.78, 5) is 46.3. The van der Waals surface area contributed by atoms with E-state index in [-0.39, 0.29) is 11.5 Å². The minimum absolute atomic E-state index is 0.103. The van der Waals surface area contributed by atoms with E-state index in [0.717, 1.165) is 0 Å². The lowest BCUT2D eigenvalue weighted by molar-refractivity contribution is -0.384. The number of nitrogens with zero attached hydrogens (tertiary/aromatic N) is 3. The molecule has 0 saturated carbocycles. The minimum Gasteiger partial charge on any atom is -0.353 e. The van der Waals surface area contributed by atoms with E-state index in [9.17, 15) is 24.5 Å². The molecule has 0 unspecified atom stereocenters. The van der Waals surface area contributed by atoms with Gasteiger partial charge >= 0.3 is 5.69 Å². The van der Waals surface area contributed by atoms with Gasteiger partial charge in [0, 0.05) is 17.7 Å². The Hall–Kier alpha value is -3.83. The number of nitro benzene ring substituents is 1. The van der Waals surface area contributed by atoms with Crippen molar-refractivity contribution >= 4 is 23.6 Å². The third-order valence-corrected chi connectivity index (χ3v) is 2.93. The summed E-state index contributed by atoms with van der Waals surface area (Å²) in [5.74, 6) is -0.820. The first-order valence-corrected chi connectivity index (χ1v) is 6.89. The number of rotatable bonds is 6. The molecule has 1 aromatic heterocycles. The molecule has 0 saturated heterocycles. The van der Waals surface area contributed by atoms with Crippen LogP contribution in [0.1, 0.15) is 12.5 Å². The van der Waals surface area contributed by atoms with Crippen LogP contribution in [0.5, 0.6) is 0 Å². The lowest BCUT2D eigenvalue weighted by atomic mass is 10.2. The number of anilines is 1. The van der Waals surface area contributed by atoms with E-state index in [2.05, 4.69) is 20.9 Å². The highest BCUT2D eigenvalue weighted by molar-refractivity contribution is 5.86. The van der Waals surface area contributed by atoms with Crippen LogP contribution < -0.4 is 22.0 Å². The first-order valence-electron chi connectivity index (χ1n) is 6.89. The molecule has 12 nitrogen and oxygen atoms in total. The number of carbonyl (C=O) groups is 1. The number of hydrogen-bond donors (Lipinski definition) is 4. The molecular weight excluding hydrogens is 334 g/mol. The molecule has 2 aromatic rings. The van der Waals surface area contributed by atoms with Crippen molar-refractivity contribution in [2.45, 2.75) is 13.0 Å². The fourth-order valence-electron chi connectivity index (χ4n) is 1.70. The van der Waals surface area contributed by atoms with Gasteiger partial charge in [0.15, 0.2) is 0 Å². The highest BCUT2D eigenvalue weighted by Gasteiger charge is 2.14. The van der Waals surface area contributed by atoms with Gasteiger partial charge in [0.2, 0.25) is 5.82 Å². The molecule has 0 aliphatic carbocycles. The van der Waals surface area contributed by atoms with Gasteiger partial charge in [0.25, 0.3) is 17.2 Å². The fraction of sp³-hybridized carbons (Fsp3) is 0.154. The third-order valence-electron chi connectivity index (χ3n) is 2.93. The fourth-order valence-corrected chi connectivity index (χ4v) is 1.70. The molecule has 0 aliphatic rings. The molecule has 2 rings (SSSR count). The van der Waals surface area contributed by atoms with E-state index >= 15 is 0 Å². The van der Waals surface area contributed by atoms with Gasteiger partial charge in [0.05, 0.1) is 11.1 Å². The molecule has 0 radical (unpaired) electrons. The smallest absolute Gasteiger partial charge is 0.342 e. The van der Waals surface area contributed by atoms with E-state index in [1.165, 1.54) is 31.3 Å². The summed E-state index contributed by atoms with van der Waals surface area (Å²) in [6.45, 7) is 1.45. The van der Waals surface area contributed by atoms with E-state index in [1.807, 2.05) is 10.1 Å². The zero-order valence-electron chi connectivity index (χ0n) is 12.8. The number of carbonyl (C=O) groups excluding carboxylic acids is 1. The van der Waals surface area contributed by atoms with E-state index in [4.69, 9.17) is 0 Å². The minimum atomic E-state index is -0.887. The molecular formula is C13H13N7O5. The number of non-ortho nitro benzene ring substituents is 1. The average Bonchev–Trinajstić information content (AvgIpc) is 2.57. The van der Waals surface area contributed by atoms with Crippen LogP contribution in [0.3, 0.4) is 0 Å². The number of hydrazone groups is 1. The number of benzene rings is 1. The number of nitrogens with one attached hydrogen (secondary N) is 4. The number of hydrogen-bond acceptors (Lipinski definition) is 8. The number of H-pyrrole nitrogens is 2. The van der Waals surface area contributed by atoms with Crippen LogP contribution in [-0.4, -0.2) is 38.3 Å². The van der Waals surface area contributed by atoms with Crippen molar-refractivity contribution in [3.8, 4) is 0 Å². The third kappa shape index (κ3) is 4.82. The zero-order valence-corrected chi connectivity index (χ0v) is 12.8. The summed E-state index contributed by atoms with van der Waals surface area (Å²) in [7, 11) is 0. The molecule has 130 valence electrons. The first-order chi connectivity index (χ1) is 11.9. The predicted molar refractivity (Wildman–Crippen MR) is 87.4 cm³/mol. The molecule has 0 spiro atoms. The van der Waals surface area contributed by atoms with E-state index < -0.39 is 28.1 Å². The van der Waals surface area contributed by atoms with Crippen molar-refractivity contribution in [1.82, 2.24) is 20.6 Å². The molecule has 1 heterocycles. The Balaban J connectivity index is 1.97. The van der Waals surface area contributed by atoms with Crippen LogP contribution in [0.4, 0.5) is 11.5 Å². The molecule has 4 N–H and O–H groups in total. The molecule has 1 atom stereocenters. The van der Waals surface area contributed by atoms with Crippen LogP contribution in [0, 0.1) is 10.1 Å². The second-order valence-electron chi connectivity index (χ2n) is 4.81. The Bertz CT molecular complexity index is 933. The van der Waals surface area contributed by atoms with E-state index in [1.54, 1.807) is 6.07 Å². The van der Waals surface area contributed by atoms with E-state index in [0.29, 0.717) is 5.56 Å². The maximum atomic E-state index is 11.9. The summed E-state index contributed by atoms with van der Waals surface area (Å²) < 4.78 is 0. The standard InChI is InChI=1S/C13H13N7O5/c1-7(15-10-12(22)16-13(23)19-17-10)11(21)18-14-6-8-3-2-4-9(5-8)20(24)25/h2-7H,1H3,(H,15,17)(H,18,21)(H2,16,19,22,23)/b14-6-/t7-/m0/s1. The van der Waals surface area contributed by atoms with Gasteiger partial charge in [-0.1, -0.05) is 12.1 Å². The number of nitro groups is 1. The van der Waals surface area contributed by atoms with Gasteiger partial charge in [-0.25, -0.2) is 15.3 Å². The Morgan fingerprint density at radius 1 is 1.44 bits per heavy atom. The second kappa shape index (κ2) is 7.63. The van der Waals surface area contributed by atoms with Crippen LogP contribution in [-0.2, 0) is 4.79 Å². The SMILES string of the molecule is C[C@H](Nc1n[nH]c(=O)[nH]c1=O)C(=O)N/N=C\c1cccc([N+](=O)[O-])c1. The second-order valence-corrected chi connectivity index (χ2v) is 4.81. The Morgan fingerprint density at radius 2 is 2.20 bits per heavy atom. The largest absolute Gasteiger partial charge is 0.353 e. The predicted octanol–water partition coefficient (Wildman–Crippen LogP) is -0.683. The van der Waals surface area contributed by atoms with Gasteiger partial charge < -0.3 is 5.32 Å². The molecule has 1 aromatic carbocycles. The lowest BCUT2D eigenvalue weighted by Gasteiger charge is -2.11. The van der Waals surface area contributed by atoms with Gasteiger partial charge in [0.1, 0.15) is 6.04 Å². The number of amides is 1. The summed E-state index contributed by atoms with van der Waals surface area (Å²) in [5, 5.41) is 22.4. The number of aromatic nitrogens is 3. The molecule has 0 fully saturated rings. The van der Waals surface area contributed by atoms with Crippen LogP contribution >= 0.6 is 0 Å². The van der Waals surface area contributed by atoms with Crippen molar-refractivity contribution in [1.29, 1.82) is 0 Å². The summed E-state index contributed by atoms with van der Waals surface area (Å²) >= 11 is 0. The molecule has 25 heavy (non-hydrogen) atoms. The molecule has 12 heteroatoms. The Labute approximate surface area is 139 Å². The summed E-state index contributed by atoms with van der Waals surface area (Å²) in [6, 6.07) is 4.80. The Kier molecular flexibility index (Phi) is 5.35. The average molecular weight is 347 g/mol. The maximum Gasteiger partial charge on any atom is 0.342 e. The molecule has 1 amide bonds. The van der Waals surface area contributed by atoms with Crippen molar-refractivity contribution < 1.29 is 9.72 Å². The lowest BCUT2D eigenvalue weighted by Crippen LogP contribution is -2.38. The van der Waals surface area contributed by atoms with Crippen LogP contribution in [0.15, 0.2) is 39.0 Å². The zero-order chi connectivity index (χ0) is 18.4. The van der Waals surface area contributed by atoms with Gasteiger partial charge in [-0.15, -0.1) is 5.10 Å². The first kappa shape index (κ1) is 17.5. The van der Waals surface area contributed by atoms with Crippen molar-refractivity contribution in [2.75, 3.05) is 5.32 Å². The van der Waals surface area contributed by atoms with Crippen molar-refractivity contribution in [3.05, 3.63) is 60.8 Å². The van der Waals surface area contributed by atoms with Crippen molar-refractivity contribution in [2.24, 2.45) is 5.10 Å². The maximum absolute atomic E-state index is 11.9. The topological polar surface area (TPSA) is 175 Å². The van der Waals surface area contributed by atoms with Gasteiger partial charge in [-0.2, -0.15) is 5.10 Å². The highest BCUT2D eigenvalue weighted by atomic mass is 16.6. The molecule has 0 aliphatic heterocycles. The quantitative estimate of drug-likeness (QED) is 0.304. The summed E-state index contributed by atoms with van der Waals surface area (Å²) in [6.07, 6.45) is 1.24. The Morgan fingerprint density at radius 3 is 2.88 bits per heavy atom. The monoisotopic (exact) mass is 347 g/mol. The molecule has 0 bridgehead atoms. The van der Waals surface area contributed by atoms with Crippen LogP contribution in [0.2, 0.25) is 0 Å².